The summed E-state index contributed by atoms with van der Waals surface area (Å²) in [6.07, 6.45) is 0. The molecule has 108 valence electrons. The predicted molar refractivity (Wildman–Crippen MR) is 68.7 cm³/mol. The number of carbonyl (C=O) groups excluding carboxylic acids is 2. The topological polar surface area (TPSA) is 81.2 Å². The normalized spacial score (nSPS) is 15.6. The van der Waals surface area contributed by atoms with Gasteiger partial charge in [0.15, 0.2) is 0 Å². The summed E-state index contributed by atoms with van der Waals surface area (Å²) >= 11 is 0. The van der Waals surface area contributed by atoms with E-state index in [0.717, 1.165) is 0 Å². The van der Waals surface area contributed by atoms with Crippen LogP contribution >= 0.6 is 0 Å². The number of carbonyl (C=O) groups is 3. The SMILES string of the molecule is CC(=O)N1CCN(C(=O)N(CC(=O)O)C(C)C)CC1. The summed E-state index contributed by atoms with van der Waals surface area (Å²) in [5, 5.41) is 8.83. The average molecular weight is 271 g/mol. The highest BCUT2D eigenvalue weighted by molar-refractivity contribution is 5.81. The van der Waals surface area contributed by atoms with Crippen molar-refractivity contribution in [3.63, 3.8) is 0 Å². The van der Waals surface area contributed by atoms with Gasteiger partial charge in [-0.1, -0.05) is 0 Å². The highest BCUT2D eigenvalue weighted by Crippen LogP contribution is 2.09. The summed E-state index contributed by atoms with van der Waals surface area (Å²) in [4.78, 5) is 38.8. The third-order valence-corrected chi connectivity index (χ3v) is 3.17. The molecule has 0 aromatic rings. The van der Waals surface area contributed by atoms with Crippen LogP contribution in [-0.4, -0.2) is 76.5 Å². The molecule has 1 rings (SSSR count). The lowest BCUT2D eigenvalue weighted by Crippen LogP contribution is -2.55. The van der Waals surface area contributed by atoms with Gasteiger partial charge in [-0.15, -0.1) is 0 Å². The van der Waals surface area contributed by atoms with Crippen molar-refractivity contribution < 1.29 is 19.5 Å². The van der Waals surface area contributed by atoms with Gasteiger partial charge < -0.3 is 19.8 Å². The molecule has 1 aliphatic rings. The number of nitrogens with zero attached hydrogens (tertiary/aromatic N) is 3. The van der Waals surface area contributed by atoms with Crippen molar-refractivity contribution in [1.29, 1.82) is 0 Å². The van der Waals surface area contributed by atoms with E-state index in [4.69, 9.17) is 5.11 Å². The Hall–Kier alpha value is -1.79. The Morgan fingerprint density at radius 3 is 1.95 bits per heavy atom. The molecule has 0 saturated carbocycles. The van der Waals surface area contributed by atoms with Crippen molar-refractivity contribution in [1.82, 2.24) is 14.7 Å². The highest BCUT2D eigenvalue weighted by Gasteiger charge is 2.28. The van der Waals surface area contributed by atoms with Crippen LogP contribution in [-0.2, 0) is 9.59 Å². The van der Waals surface area contributed by atoms with Crippen LogP contribution in [0.5, 0.6) is 0 Å². The number of aliphatic carboxylic acids is 1. The number of carboxylic acid groups (broad SMARTS) is 1. The highest BCUT2D eigenvalue weighted by atomic mass is 16.4. The van der Waals surface area contributed by atoms with Gasteiger partial charge in [-0.2, -0.15) is 0 Å². The van der Waals surface area contributed by atoms with Crippen molar-refractivity contribution in [2.75, 3.05) is 32.7 Å². The van der Waals surface area contributed by atoms with E-state index in [1.54, 1.807) is 23.6 Å². The molecular weight excluding hydrogens is 250 g/mol. The minimum absolute atomic E-state index is 0.00153. The van der Waals surface area contributed by atoms with Crippen LogP contribution in [0.3, 0.4) is 0 Å². The molecule has 3 amide bonds. The van der Waals surface area contributed by atoms with Crippen molar-refractivity contribution in [2.24, 2.45) is 0 Å². The molecule has 1 fully saturated rings. The van der Waals surface area contributed by atoms with E-state index < -0.39 is 5.97 Å². The van der Waals surface area contributed by atoms with E-state index >= 15 is 0 Å². The summed E-state index contributed by atoms with van der Waals surface area (Å²) in [5.74, 6) is -1.03. The third kappa shape index (κ3) is 4.11. The molecule has 1 heterocycles. The number of piperazine rings is 1. The lowest BCUT2D eigenvalue weighted by Gasteiger charge is -2.38. The molecule has 0 aliphatic carbocycles. The molecule has 0 bridgehead atoms. The molecule has 0 spiro atoms. The Balaban J connectivity index is 2.61. The number of hydrogen-bond acceptors (Lipinski definition) is 3. The molecule has 0 aromatic heterocycles. The average Bonchev–Trinajstić information content (AvgIpc) is 2.34. The van der Waals surface area contributed by atoms with E-state index in [2.05, 4.69) is 0 Å². The van der Waals surface area contributed by atoms with Crippen molar-refractivity contribution in [3.05, 3.63) is 0 Å². The summed E-state index contributed by atoms with van der Waals surface area (Å²) in [6, 6.07) is -0.449. The molecular formula is C12H21N3O4. The number of urea groups is 1. The maximum Gasteiger partial charge on any atom is 0.323 e. The van der Waals surface area contributed by atoms with E-state index in [0.29, 0.717) is 26.2 Å². The summed E-state index contributed by atoms with van der Waals surface area (Å²) < 4.78 is 0. The molecule has 19 heavy (non-hydrogen) atoms. The van der Waals surface area contributed by atoms with E-state index in [-0.39, 0.29) is 24.5 Å². The smallest absolute Gasteiger partial charge is 0.323 e. The molecule has 7 nitrogen and oxygen atoms in total. The first kappa shape index (κ1) is 15.3. The monoisotopic (exact) mass is 271 g/mol. The molecule has 1 aliphatic heterocycles. The van der Waals surface area contributed by atoms with Gasteiger partial charge in [-0.05, 0) is 13.8 Å². The van der Waals surface area contributed by atoms with Crippen molar-refractivity contribution in [3.8, 4) is 0 Å². The quantitative estimate of drug-likeness (QED) is 0.787. The Kier molecular flexibility index (Phi) is 5.14. The Morgan fingerprint density at radius 1 is 1.11 bits per heavy atom. The zero-order chi connectivity index (χ0) is 14.6. The number of carboxylic acids is 1. The minimum Gasteiger partial charge on any atom is -0.480 e. The second kappa shape index (κ2) is 6.40. The van der Waals surface area contributed by atoms with Crippen LogP contribution in [0.4, 0.5) is 4.79 Å². The first-order chi connectivity index (χ1) is 8.82. The molecule has 0 unspecified atom stereocenters. The van der Waals surface area contributed by atoms with Gasteiger partial charge in [-0.25, -0.2) is 4.79 Å². The van der Waals surface area contributed by atoms with Crippen LogP contribution in [0.15, 0.2) is 0 Å². The summed E-state index contributed by atoms with van der Waals surface area (Å²) in [5.41, 5.74) is 0. The second-order valence-corrected chi connectivity index (χ2v) is 4.89. The van der Waals surface area contributed by atoms with Crippen molar-refractivity contribution in [2.45, 2.75) is 26.8 Å². The zero-order valence-electron chi connectivity index (χ0n) is 11.6. The van der Waals surface area contributed by atoms with Gasteiger partial charge in [0.25, 0.3) is 0 Å². The fourth-order valence-electron chi connectivity index (χ4n) is 2.01. The van der Waals surface area contributed by atoms with Gasteiger partial charge >= 0.3 is 12.0 Å². The zero-order valence-corrected chi connectivity index (χ0v) is 11.6. The van der Waals surface area contributed by atoms with E-state index in [9.17, 15) is 14.4 Å². The fourth-order valence-corrected chi connectivity index (χ4v) is 2.01. The fraction of sp³-hybridized carbons (Fsp3) is 0.750. The second-order valence-electron chi connectivity index (χ2n) is 4.89. The minimum atomic E-state index is -1.02. The lowest BCUT2D eigenvalue weighted by atomic mass is 10.3. The Morgan fingerprint density at radius 2 is 1.58 bits per heavy atom. The van der Waals surface area contributed by atoms with Crippen molar-refractivity contribution >= 4 is 17.9 Å². The Labute approximate surface area is 112 Å². The maximum atomic E-state index is 12.2. The van der Waals surface area contributed by atoms with Crippen LogP contribution in [0.1, 0.15) is 20.8 Å². The van der Waals surface area contributed by atoms with Crippen LogP contribution in [0.2, 0.25) is 0 Å². The molecule has 7 heteroatoms. The van der Waals surface area contributed by atoms with E-state index in [1.807, 2.05) is 0 Å². The van der Waals surface area contributed by atoms with Gasteiger partial charge in [0, 0.05) is 39.1 Å². The molecule has 0 atom stereocenters. The molecule has 0 radical (unpaired) electrons. The van der Waals surface area contributed by atoms with Gasteiger partial charge in [0.2, 0.25) is 5.91 Å². The first-order valence-corrected chi connectivity index (χ1v) is 6.35. The largest absolute Gasteiger partial charge is 0.480 e. The third-order valence-electron chi connectivity index (χ3n) is 3.17. The van der Waals surface area contributed by atoms with Gasteiger partial charge in [0.05, 0.1) is 0 Å². The Bertz CT molecular complexity index is 362. The molecule has 1 saturated heterocycles. The lowest BCUT2D eigenvalue weighted by molar-refractivity contribution is -0.138. The summed E-state index contributed by atoms with van der Waals surface area (Å²) in [6.45, 7) is 6.66. The predicted octanol–water partition coefficient (Wildman–Crippen LogP) is 0.0655. The number of amides is 3. The van der Waals surface area contributed by atoms with Crippen LogP contribution < -0.4 is 0 Å². The first-order valence-electron chi connectivity index (χ1n) is 6.35. The van der Waals surface area contributed by atoms with Crippen LogP contribution in [0.25, 0.3) is 0 Å². The number of rotatable bonds is 3. The molecule has 1 N–H and O–H groups in total. The maximum absolute atomic E-state index is 12.2. The standard InChI is InChI=1S/C12H21N3O4/c1-9(2)15(8-11(17)18)12(19)14-6-4-13(5-7-14)10(3)16/h9H,4-8H2,1-3H3,(H,17,18). The molecule has 0 aromatic carbocycles. The number of hydrogen-bond donors (Lipinski definition) is 1. The van der Waals surface area contributed by atoms with Gasteiger partial charge in [0.1, 0.15) is 6.54 Å². The van der Waals surface area contributed by atoms with E-state index in [1.165, 1.54) is 11.8 Å². The van der Waals surface area contributed by atoms with Crippen LogP contribution in [0, 0.1) is 0 Å². The summed E-state index contributed by atoms with van der Waals surface area (Å²) in [7, 11) is 0. The van der Waals surface area contributed by atoms with Gasteiger partial charge in [-0.3, -0.25) is 9.59 Å².